The van der Waals surface area contributed by atoms with Crippen LogP contribution in [0.4, 0.5) is 4.39 Å². The highest BCUT2D eigenvalue weighted by molar-refractivity contribution is 5.97. The lowest BCUT2D eigenvalue weighted by atomic mass is 9.97. The van der Waals surface area contributed by atoms with Crippen molar-refractivity contribution in [3.8, 4) is 22.8 Å². The van der Waals surface area contributed by atoms with E-state index in [0.717, 1.165) is 24.0 Å². The molecular formula is C26H27FN2O4. The summed E-state index contributed by atoms with van der Waals surface area (Å²) in [6, 6.07) is 13.7. The first-order valence-corrected chi connectivity index (χ1v) is 11.0. The maximum Gasteiger partial charge on any atom is 0.257 e. The summed E-state index contributed by atoms with van der Waals surface area (Å²) >= 11 is 0. The number of carbonyl (C=O) groups is 1. The van der Waals surface area contributed by atoms with E-state index in [9.17, 15) is 14.3 Å². The predicted octanol–water partition coefficient (Wildman–Crippen LogP) is 4.67. The predicted molar refractivity (Wildman–Crippen MR) is 123 cm³/mol. The Morgan fingerprint density at radius 1 is 1.24 bits per heavy atom. The van der Waals surface area contributed by atoms with Gasteiger partial charge in [0.05, 0.1) is 19.8 Å². The van der Waals surface area contributed by atoms with Gasteiger partial charge < -0.3 is 19.9 Å². The van der Waals surface area contributed by atoms with Gasteiger partial charge >= 0.3 is 0 Å². The second kappa shape index (κ2) is 10.0. The zero-order valence-corrected chi connectivity index (χ0v) is 18.7. The number of aliphatic hydroxyl groups is 1. The molecule has 2 N–H and O–H groups in total. The van der Waals surface area contributed by atoms with Crippen LogP contribution in [-0.4, -0.2) is 29.7 Å². The molecule has 0 saturated heterocycles. The normalized spacial score (nSPS) is 13.9. The number of hydrogen-bond acceptors (Lipinski definition) is 5. The van der Waals surface area contributed by atoms with Crippen LogP contribution in [0.5, 0.6) is 11.6 Å². The molecule has 1 aliphatic rings. The second-order valence-corrected chi connectivity index (χ2v) is 8.25. The van der Waals surface area contributed by atoms with Gasteiger partial charge in [0, 0.05) is 18.3 Å². The van der Waals surface area contributed by atoms with Crippen LogP contribution in [0.25, 0.3) is 11.1 Å². The fourth-order valence-electron chi connectivity index (χ4n) is 3.58. The summed E-state index contributed by atoms with van der Waals surface area (Å²) in [4.78, 5) is 17.5. The molecule has 0 bridgehead atoms. The Hall–Kier alpha value is -3.45. The number of carbonyl (C=O) groups excluding carboxylic acids is 1. The summed E-state index contributed by atoms with van der Waals surface area (Å²) in [6.45, 7) is 2.35. The quantitative estimate of drug-likeness (QED) is 0.495. The van der Waals surface area contributed by atoms with Crippen molar-refractivity contribution < 1.29 is 23.8 Å². The van der Waals surface area contributed by atoms with Crippen molar-refractivity contribution in [1.29, 1.82) is 0 Å². The standard InChI is InChI=1S/C26H27FN2O4/c1-16(30)20-5-3-4-6-21(20)19-12-22(26(29-14-19)33-15-17-7-8-17)25(31)28-13-18-9-10-24(32-2)23(27)11-18/h3-6,9-12,14,16-17,30H,7-8,13,15H2,1-2H3,(H,28,31). The number of ether oxygens (including phenoxy) is 2. The van der Waals surface area contributed by atoms with Crippen LogP contribution >= 0.6 is 0 Å². The number of benzene rings is 2. The first-order valence-electron chi connectivity index (χ1n) is 11.0. The second-order valence-electron chi connectivity index (χ2n) is 8.25. The molecule has 0 radical (unpaired) electrons. The summed E-state index contributed by atoms with van der Waals surface area (Å²) in [5, 5.41) is 13.0. The maximum absolute atomic E-state index is 14.0. The lowest BCUT2D eigenvalue weighted by molar-refractivity contribution is 0.0945. The average Bonchev–Trinajstić information content (AvgIpc) is 3.66. The largest absolute Gasteiger partial charge is 0.494 e. The Kier molecular flexibility index (Phi) is 6.89. The Morgan fingerprint density at radius 3 is 2.73 bits per heavy atom. The molecule has 1 atom stereocenters. The van der Waals surface area contributed by atoms with Gasteiger partial charge in [-0.2, -0.15) is 0 Å². The SMILES string of the molecule is COc1ccc(CNC(=O)c2cc(-c3ccccc3C(C)O)cnc2OCC2CC2)cc1F. The molecule has 1 unspecified atom stereocenters. The highest BCUT2D eigenvalue weighted by atomic mass is 19.1. The number of halogens is 1. The molecule has 1 amide bonds. The van der Waals surface area contributed by atoms with E-state index < -0.39 is 11.9 Å². The van der Waals surface area contributed by atoms with Gasteiger partial charge in [-0.25, -0.2) is 9.37 Å². The van der Waals surface area contributed by atoms with E-state index in [4.69, 9.17) is 9.47 Å². The van der Waals surface area contributed by atoms with E-state index >= 15 is 0 Å². The van der Waals surface area contributed by atoms with Crippen LogP contribution in [0.15, 0.2) is 54.7 Å². The minimum atomic E-state index is -0.672. The Bertz CT molecular complexity index is 1140. The van der Waals surface area contributed by atoms with Crippen LogP contribution in [0.2, 0.25) is 0 Å². The van der Waals surface area contributed by atoms with Crippen molar-refractivity contribution >= 4 is 5.91 Å². The van der Waals surface area contributed by atoms with Crippen LogP contribution in [0.3, 0.4) is 0 Å². The monoisotopic (exact) mass is 450 g/mol. The number of amides is 1. The van der Waals surface area contributed by atoms with Crippen LogP contribution in [0.1, 0.15) is 47.4 Å². The summed E-state index contributed by atoms with van der Waals surface area (Å²) in [5.74, 6) is 0.0470. The topological polar surface area (TPSA) is 80.7 Å². The molecule has 1 aliphatic carbocycles. The number of methoxy groups -OCH3 is 1. The molecule has 1 aromatic heterocycles. The molecule has 1 heterocycles. The van der Waals surface area contributed by atoms with E-state index in [1.165, 1.54) is 19.2 Å². The Labute approximate surface area is 192 Å². The summed E-state index contributed by atoms with van der Waals surface area (Å²) in [7, 11) is 1.40. The third-order valence-corrected chi connectivity index (χ3v) is 5.64. The smallest absolute Gasteiger partial charge is 0.257 e. The number of aliphatic hydroxyl groups excluding tert-OH is 1. The molecular weight excluding hydrogens is 423 g/mol. The third-order valence-electron chi connectivity index (χ3n) is 5.64. The fourth-order valence-corrected chi connectivity index (χ4v) is 3.58. The molecule has 1 fully saturated rings. The van der Waals surface area contributed by atoms with Crippen molar-refractivity contribution in [2.75, 3.05) is 13.7 Å². The lowest BCUT2D eigenvalue weighted by Crippen LogP contribution is -2.24. The van der Waals surface area contributed by atoms with E-state index in [1.54, 1.807) is 25.3 Å². The van der Waals surface area contributed by atoms with E-state index in [2.05, 4.69) is 10.3 Å². The number of nitrogens with one attached hydrogen (secondary N) is 1. The minimum Gasteiger partial charge on any atom is -0.494 e. The van der Waals surface area contributed by atoms with Gasteiger partial charge in [0.25, 0.3) is 5.91 Å². The first-order chi connectivity index (χ1) is 16.0. The highest BCUT2D eigenvalue weighted by Crippen LogP contribution is 2.32. The van der Waals surface area contributed by atoms with Gasteiger partial charge in [-0.15, -0.1) is 0 Å². The van der Waals surface area contributed by atoms with Crippen LogP contribution < -0.4 is 14.8 Å². The zero-order chi connectivity index (χ0) is 23.4. The van der Waals surface area contributed by atoms with Gasteiger partial charge in [-0.05, 0) is 60.6 Å². The summed E-state index contributed by atoms with van der Waals surface area (Å²) in [6.07, 6.45) is 3.21. The van der Waals surface area contributed by atoms with E-state index in [-0.39, 0.29) is 24.1 Å². The van der Waals surface area contributed by atoms with Crippen LogP contribution in [-0.2, 0) is 6.54 Å². The van der Waals surface area contributed by atoms with Crippen molar-refractivity contribution in [2.45, 2.75) is 32.4 Å². The number of nitrogens with zero attached hydrogens (tertiary/aromatic N) is 1. The molecule has 2 aromatic carbocycles. The minimum absolute atomic E-state index is 0.135. The Morgan fingerprint density at radius 2 is 2.03 bits per heavy atom. The van der Waals surface area contributed by atoms with Gasteiger partial charge in [-0.3, -0.25) is 4.79 Å². The Balaban J connectivity index is 1.60. The molecule has 6 nitrogen and oxygen atoms in total. The van der Waals surface area contributed by atoms with Gasteiger partial charge in [-0.1, -0.05) is 30.3 Å². The zero-order valence-electron chi connectivity index (χ0n) is 18.7. The van der Waals surface area contributed by atoms with Gasteiger partial charge in [0.2, 0.25) is 5.88 Å². The first kappa shape index (κ1) is 22.7. The van der Waals surface area contributed by atoms with E-state index in [0.29, 0.717) is 29.2 Å². The average molecular weight is 451 g/mol. The summed E-state index contributed by atoms with van der Waals surface area (Å²) in [5.41, 5.74) is 3.13. The van der Waals surface area contributed by atoms with Crippen molar-refractivity contribution in [1.82, 2.24) is 10.3 Å². The van der Waals surface area contributed by atoms with Crippen molar-refractivity contribution in [2.24, 2.45) is 5.92 Å². The molecule has 3 aromatic rings. The van der Waals surface area contributed by atoms with Gasteiger partial charge in [0.15, 0.2) is 11.6 Å². The molecule has 0 aliphatic heterocycles. The molecule has 33 heavy (non-hydrogen) atoms. The lowest BCUT2D eigenvalue weighted by Gasteiger charge is -2.15. The van der Waals surface area contributed by atoms with Crippen LogP contribution in [0, 0.1) is 11.7 Å². The molecule has 1 saturated carbocycles. The number of hydrogen-bond donors (Lipinski definition) is 2. The number of pyridine rings is 1. The fraction of sp³-hybridized carbons (Fsp3) is 0.308. The van der Waals surface area contributed by atoms with Crippen molar-refractivity contribution in [3.05, 3.63) is 77.2 Å². The molecule has 0 spiro atoms. The maximum atomic E-state index is 14.0. The van der Waals surface area contributed by atoms with E-state index in [1.807, 2.05) is 24.3 Å². The molecule has 172 valence electrons. The number of aromatic nitrogens is 1. The number of rotatable bonds is 9. The molecule has 7 heteroatoms. The summed E-state index contributed by atoms with van der Waals surface area (Å²) < 4.78 is 24.8. The third kappa shape index (κ3) is 5.49. The molecule has 4 rings (SSSR count). The van der Waals surface area contributed by atoms with Gasteiger partial charge in [0.1, 0.15) is 5.56 Å². The highest BCUT2D eigenvalue weighted by Gasteiger charge is 2.24. The van der Waals surface area contributed by atoms with Crippen molar-refractivity contribution in [3.63, 3.8) is 0 Å².